The van der Waals surface area contributed by atoms with Crippen LogP contribution in [0.2, 0.25) is 0 Å². The number of carbonyl (C=O) groups is 1. The second-order valence-electron chi connectivity index (χ2n) is 6.97. The molecule has 2 N–H and O–H groups in total. The molecule has 1 aliphatic rings. The molecule has 1 saturated heterocycles. The molecule has 0 saturated carbocycles. The third kappa shape index (κ3) is 3.85. The monoisotopic (exact) mass is 403 g/mol. The van der Waals surface area contributed by atoms with Gasteiger partial charge >= 0.3 is 0 Å². The number of nitrogens with two attached hydrogens (primary N) is 1. The molecule has 0 bridgehead atoms. The molecule has 28 heavy (non-hydrogen) atoms. The van der Waals surface area contributed by atoms with Gasteiger partial charge in [0.25, 0.3) is 0 Å². The molecule has 0 unspecified atom stereocenters. The predicted octanol–water partition coefficient (Wildman–Crippen LogP) is 1.80. The van der Waals surface area contributed by atoms with Gasteiger partial charge in [-0.05, 0) is 37.5 Å². The highest BCUT2D eigenvalue weighted by molar-refractivity contribution is 7.89. The maximum absolute atomic E-state index is 12.6. The number of aromatic nitrogens is 2. The molecule has 2 aromatic rings. The van der Waals surface area contributed by atoms with Crippen LogP contribution in [0.1, 0.15) is 41.9 Å². The number of rotatable bonds is 6. The van der Waals surface area contributed by atoms with E-state index < -0.39 is 15.9 Å². The molecule has 1 amide bonds. The fourth-order valence-corrected chi connectivity index (χ4v) is 4.74. The van der Waals surface area contributed by atoms with Crippen molar-refractivity contribution in [2.45, 2.75) is 25.8 Å². The van der Waals surface area contributed by atoms with Gasteiger partial charge in [0.05, 0.1) is 17.5 Å². The third-order valence-electron chi connectivity index (χ3n) is 4.93. The van der Waals surface area contributed by atoms with E-state index in [0.717, 1.165) is 17.5 Å². The minimum atomic E-state index is -3.35. The Balaban J connectivity index is 2.12. The average molecular weight is 404 g/mol. The van der Waals surface area contributed by atoms with Gasteiger partial charge in [-0.2, -0.15) is 4.31 Å². The Bertz CT molecular complexity index is 974. The SMILES string of the molecule is CCS(=O)(=O)N1CCC[C@@H]1c1nc(N(C)C)ncc1-c1ccc(C(N)=O)cc1. The number of nitrogens with zero attached hydrogens (tertiary/aromatic N) is 4. The smallest absolute Gasteiger partial charge is 0.248 e. The Hall–Kier alpha value is -2.52. The number of sulfonamides is 1. The molecule has 9 heteroatoms. The molecule has 0 aliphatic carbocycles. The molecule has 3 rings (SSSR count). The summed E-state index contributed by atoms with van der Waals surface area (Å²) in [5, 5.41) is 0. The Kier molecular flexibility index (Phi) is 5.66. The summed E-state index contributed by atoms with van der Waals surface area (Å²) in [5.41, 5.74) is 7.98. The van der Waals surface area contributed by atoms with E-state index in [2.05, 4.69) is 4.98 Å². The van der Waals surface area contributed by atoms with Gasteiger partial charge in [0.2, 0.25) is 21.9 Å². The van der Waals surface area contributed by atoms with Crippen molar-refractivity contribution >= 4 is 21.9 Å². The molecule has 1 atom stereocenters. The average Bonchev–Trinajstić information content (AvgIpc) is 3.18. The second-order valence-corrected chi connectivity index (χ2v) is 9.18. The standard InChI is InChI=1S/C19H25N5O3S/c1-4-28(26,27)24-11-5-6-16(24)17-15(12-21-19(22-17)23(2)3)13-7-9-14(10-8-13)18(20)25/h7-10,12,16H,4-6,11H2,1-3H3,(H2,20,25)/t16-/m1/s1. The first-order valence-electron chi connectivity index (χ1n) is 9.18. The third-order valence-corrected chi connectivity index (χ3v) is 6.81. The van der Waals surface area contributed by atoms with Gasteiger partial charge in [-0.1, -0.05) is 12.1 Å². The zero-order chi connectivity index (χ0) is 20.5. The van der Waals surface area contributed by atoms with Crippen molar-refractivity contribution in [2.24, 2.45) is 5.73 Å². The van der Waals surface area contributed by atoms with E-state index in [1.165, 1.54) is 0 Å². The zero-order valence-corrected chi connectivity index (χ0v) is 17.1. The summed E-state index contributed by atoms with van der Waals surface area (Å²) in [7, 11) is 0.339. The van der Waals surface area contributed by atoms with E-state index in [1.54, 1.807) is 46.6 Å². The lowest BCUT2D eigenvalue weighted by atomic mass is 9.99. The highest BCUT2D eigenvalue weighted by atomic mass is 32.2. The van der Waals surface area contributed by atoms with Crippen molar-refractivity contribution in [3.8, 4) is 11.1 Å². The molecule has 1 fully saturated rings. The van der Waals surface area contributed by atoms with Crippen LogP contribution in [0.5, 0.6) is 0 Å². The summed E-state index contributed by atoms with van der Waals surface area (Å²) >= 11 is 0. The molecule has 1 aromatic carbocycles. The zero-order valence-electron chi connectivity index (χ0n) is 16.3. The van der Waals surface area contributed by atoms with Gasteiger partial charge < -0.3 is 10.6 Å². The number of benzene rings is 1. The summed E-state index contributed by atoms with van der Waals surface area (Å²) in [6.45, 7) is 2.14. The Morgan fingerprint density at radius 3 is 2.54 bits per heavy atom. The topological polar surface area (TPSA) is 109 Å². The summed E-state index contributed by atoms with van der Waals surface area (Å²) in [5.74, 6) is 0.0767. The minimum Gasteiger partial charge on any atom is -0.366 e. The molecule has 2 heterocycles. The summed E-state index contributed by atoms with van der Waals surface area (Å²) < 4.78 is 26.7. The van der Waals surface area contributed by atoms with Crippen molar-refractivity contribution < 1.29 is 13.2 Å². The first kappa shape index (κ1) is 20.2. The highest BCUT2D eigenvalue weighted by Crippen LogP contribution is 2.38. The molecular weight excluding hydrogens is 378 g/mol. The quantitative estimate of drug-likeness (QED) is 0.787. The molecule has 1 aliphatic heterocycles. The van der Waals surface area contributed by atoms with Gasteiger partial charge in [0.1, 0.15) is 0 Å². The van der Waals surface area contributed by atoms with Crippen LogP contribution in [0.25, 0.3) is 11.1 Å². The molecule has 0 spiro atoms. The van der Waals surface area contributed by atoms with E-state index in [0.29, 0.717) is 30.2 Å². The van der Waals surface area contributed by atoms with Crippen molar-refractivity contribution in [1.29, 1.82) is 0 Å². The number of carbonyl (C=O) groups excluding carboxylic acids is 1. The van der Waals surface area contributed by atoms with Crippen LogP contribution in [0.3, 0.4) is 0 Å². The lowest BCUT2D eigenvalue weighted by Crippen LogP contribution is -2.32. The fourth-order valence-electron chi connectivity index (χ4n) is 3.40. The van der Waals surface area contributed by atoms with Crippen LogP contribution in [0, 0.1) is 0 Å². The van der Waals surface area contributed by atoms with Crippen molar-refractivity contribution in [1.82, 2.24) is 14.3 Å². The summed E-state index contributed by atoms with van der Waals surface area (Å²) in [6, 6.07) is 6.53. The maximum Gasteiger partial charge on any atom is 0.248 e. The maximum atomic E-state index is 12.6. The second kappa shape index (κ2) is 7.84. The first-order chi connectivity index (χ1) is 13.2. The first-order valence-corrected chi connectivity index (χ1v) is 10.8. The van der Waals surface area contributed by atoms with Gasteiger partial charge in [-0.3, -0.25) is 4.79 Å². The van der Waals surface area contributed by atoms with Crippen LogP contribution in [0.4, 0.5) is 5.95 Å². The summed E-state index contributed by atoms with van der Waals surface area (Å²) in [4.78, 5) is 22.2. The number of primary amides is 1. The molecule has 150 valence electrons. The van der Waals surface area contributed by atoms with E-state index in [1.807, 2.05) is 14.1 Å². The van der Waals surface area contributed by atoms with Crippen molar-refractivity contribution in [3.63, 3.8) is 0 Å². The van der Waals surface area contributed by atoms with Crippen molar-refractivity contribution in [2.75, 3.05) is 31.3 Å². The van der Waals surface area contributed by atoms with Crippen LogP contribution < -0.4 is 10.6 Å². The van der Waals surface area contributed by atoms with E-state index in [4.69, 9.17) is 10.7 Å². The Morgan fingerprint density at radius 1 is 1.29 bits per heavy atom. The molecular formula is C19H25N5O3S. The van der Waals surface area contributed by atoms with Crippen LogP contribution in [0.15, 0.2) is 30.5 Å². The summed E-state index contributed by atoms with van der Waals surface area (Å²) in [6.07, 6.45) is 3.20. The number of amides is 1. The molecule has 1 aromatic heterocycles. The number of hydrogen-bond acceptors (Lipinski definition) is 6. The van der Waals surface area contributed by atoms with Crippen LogP contribution >= 0.6 is 0 Å². The normalized spacial score (nSPS) is 17.6. The molecule has 0 radical (unpaired) electrons. The Labute approximate surface area is 165 Å². The number of anilines is 1. The number of hydrogen-bond donors (Lipinski definition) is 1. The Morgan fingerprint density at radius 2 is 1.96 bits per heavy atom. The lowest BCUT2D eigenvalue weighted by Gasteiger charge is -2.25. The van der Waals surface area contributed by atoms with Crippen LogP contribution in [-0.2, 0) is 10.0 Å². The predicted molar refractivity (Wildman–Crippen MR) is 108 cm³/mol. The van der Waals surface area contributed by atoms with Gasteiger partial charge in [0.15, 0.2) is 0 Å². The van der Waals surface area contributed by atoms with E-state index in [9.17, 15) is 13.2 Å². The fraction of sp³-hybridized carbons (Fsp3) is 0.421. The van der Waals surface area contributed by atoms with Gasteiger partial charge in [-0.25, -0.2) is 18.4 Å². The van der Waals surface area contributed by atoms with Crippen molar-refractivity contribution in [3.05, 3.63) is 41.7 Å². The van der Waals surface area contributed by atoms with Gasteiger partial charge in [0, 0.05) is 38.0 Å². The minimum absolute atomic E-state index is 0.0533. The van der Waals surface area contributed by atoms with Gasteiger partial charge in [-0.15, -0.1) is 0 Å². The highest BCUT2D eigenvalue weighted by Gasteiger charge is 2.36. The molecule has 8 nitrogen and oxygen atoms in total. The van der Waals surface area contributed by atoms with E-state index >= 15 is 0 Å². The van der Waals surface area contributed by atoms with Crippen LogP contribution in [-0.4, -0.2) is 55.0 Å². The van der Waals surface area contributed by atoms with E-state index in [-0.39, 0.29) is 11.8 Å². The lowest BCUT2D eigenvalue weighted by molar-refractivity contribution is 0.100. The largest absolute Gasteiger partial charge is 0.366 e.